The fourth-order valence-corrected chi connectivity index (χ4v) is 4.53. The first kappa shape index (κ1) is 25.2. The van der Waals surface area contributed by atoms with Gasteiger partial charge in [0, 0.05) is 17.0 Å². The molecule has 35 heavy (non-hydrogen) atoms. The number of allylic oxidation sites excluding steroid dienone is 2. The van der Waals surface area contributed by atoms with E-state index in [0.29, 0.717) is 35.3 Å². The van der Waals surface area contributed by atoms with E-state index in [1.165, 1.54) is 0 Å². The summed E-state index contributed by atoms with van der Waals surface area (Å²) in [5.41, 5.74) is 1.81. The van der Waals surface area contributed by atoms with Crippen molar-refractivity contribution in [1.29, 1.82) is 0 Å². The molecule has 2 unspecified atom stereocenters. The fourth-order valence-electron chi connectivity index (χ4n) is 4.53. The molecule has 1 aliphatic rings. The van der Waals surface area contributed by atoms with Crippen molar-refractivity contribution in [3.63, 3.8) is 0 Å². The number of ether oxygens (including phenoxy) is 1. The molecule has 0 amide bonds. The van der Waals surface area contributed by atoms with Crippen LogP contribution < -0.4 is 0 Å². The maximum absolute atomic E-state index is 15.0. The van der Waals surface area contributed by atoms with Crippen molar-refractivity contribution >= 4 is 0 Å². The molecule has 2 atom stereocenters. The summed E-state index contributed by atoms with van der Waals surface area (Å²) in [4.78, 5) is 0. The van der Waals surface area contributed by atoms with Crippen LogP contribution in [0.15, 0.2) is 60.7 Å². The molecule has 184 valence electrons. The monoisotopic (exact) mass is 482 g/mol. The minimum Gasteiger partial charge on any atom is -0.378 e. The summed E-state index contributed by atoms with van der Waals surface area (Å²) >= 11 is 0. The molecule has 0 bridgehead atoms. The summed E-state index contributed by atoms with van der Waals surface area (Å²) in [6.45, 7) is 4.40. The maximum atomic E-state index is 15.0. The average Bonchev–Trinajstić information content (AvgIpc) is 2.87. The number of hydrogen-bond donors (Lipinski definition) is 0. The summed E-state index contributed by atoms with van der Waals surface area (Å²) in [5.74, 6) is -3.71. The highest BCUT2D eigenvalue weighted by molar-refractivity contribution is 5.71. The van der Waals surface area contributed by atoms with Crippen LogP contribution in [0.3, 0.4) is 0 Å². The Labute approximate surface area is 204 Å². The molecule has 0 N–H and O–H groups in total. The summed E-state index contributed by atoms with van der Waals surface area (Å²) in [6, 6.07) is 12.7. The SMILES string of the molecule is CCC/C=C\Cc1ccc(-c2ccc(-c3ccc(C4CCC(C)OC4)c(F)c3F)cc2)c(F)c1F. The standard InChI is InChI=1S/C30H30F4O/c1-3-4-5-6-7-22-14-15-24(28(32)27(22)31)20-10-12-21(13-11-20)25-16-17-26(30(34)29(25)33)23-9-8-19(2)35-18-23/h5-6,10-17,19,23H,3-4,7-9,18H2,1-2H3/b6-5-. The smallest absolute Gasteiger partial charge is 0.166 e. The van der Waals surface area contributed by atoms with Crippen LogP contribution in [0.5, 0.6) is 0 Å². The number of unbranched alkanes of at least 4 members (excludes halogenated alkanes) is 1. The first-order valence-corrected chi connectivity index (χ1v) is 12.2. The molecule has 4 rings (SSSR count). The van der Waals surface area contributed by atoms with Crippen molar-refractivity contribution in [3.8, 4) is 22.3 Å². The normalized spacial score (nSPS) is 18.3. The third-order valence-electron chi connectivity index (χ3n) is 6.68. The van der Waals surface area contributed by atoms with Gasteiger partial charge in [0.1, 0.15) is 0 Å². The van der Waals surface area contributed by atoms with Crippen molar-refractivity contribution in [1.82, 2.24) is 0 Å². The van der Waals surface area contributed by atoms with E-state index in [-0.39, 0.29) is 23.1 Å². The Morgan fingerprint density at radius 2 is 1.40 bits per heavy atom. The van der Waals surface area contributed by atoms with Crippen LogP contribution in [0.4, 0.5) is 17.6 Å². The second-order valence-electron chi connectivity index (χ2n) is 9.19. The minimum atomic E-state index is -0.912. The first-order valence-electron chi connectivity index (χ1n) is 12.2. The Morgan fingerprint density at radius 3 is 2.00 bits per heavy atom. The van der Waals surface area contributed by atoms with Gasteiger partial charge in [-0.25, -0.2) is 17.6 Å². The molecule has 3 aromatic carbocycles. The zero-order chi connectivity index (χ0) is 24.9. The molecule has 3 aromatic rings. The quantitative estimate of drug-likeness (QED) is 0.242. The van der Waals surface area contributed by atoms with Gasteiger partial charge in [0.15, 0.2) is 23.3 Å². The number of rotatable bonds is 7. The van der Waals surface area contributed by atoms with E-state index in [0.717, 1.165) is 25.7 Å². The Bertz CT molecular complexity index is 1190. The van der Waals surface area contributed by atoms with Gasteiger partial charge in [0.2, 0.25) is 0 Å². The zero-order valence-corrected chi connectivity index (χ0v) is 20.1. The van der Waals surface area contributed by atoms with Gasteiger partial charge in [-0.1, -0.05) is 74.0 Å². The van der Waals surface area contributed by atoms with Crippen molar-refractivity contribution in [2.24, 2.45) is 0 Å². The molecule has 5 heteroatoms. The molecule has 0 spiro atoms. The Kier molecular flexibility index (Phi) is 8.07. The van der Waals surface area contributed by atoms with E-state index in [2.05, 4.69) is 6.92 Å². The third-order valence-corrected chi connectivity index (χ3v) is 6.68. The van der Waals surface area contributed by atoms with Crippen LogP contribution in [0, 0.1) is 23.3 Å². The highest BCUT2D eigenvalue weighted by atomic mass is 19.2. The van der Waals surface area contributed by atoms with Crippen LogP contribution in [0.1, 0.15) is 56.6 Å². The van der Waals surface area contributed by atoms with Crippen molar-refractivity contribution in [2.75, 3.05) is 6.61 Å². The van der Waals surface area contributed by atoms with Gasteiger partial charge in [-0.15, -0.1) is 0 Å². The number of hydrogen-bond acceptors (Lipinski definition) is 1. The molecule has 1 saturated heterocycles. The first-order chi connectivity index (χ1) is 16.9. The van der Waals surface area contributed by atoms with Crippen LogP contribution in [-0.4, -0.2) is 12.7 Å². The van der Waals surface area contributed by atoms with Crippen LogP contribution in [-0.2, 0) is 11.2 Å². The lowest BCUT2D eigenvalue weighted by molar-refractivity contribution is 0.0147. The molecule has 1 fully saturated rings. The predicted molar refractivity (Wildman–Crippen MR) is 132 cm³/mol. The summed E-state index contributed by atoms with van der Waals surface area (Å²) in [7, 11) is 0. The van der Waals surface area contributed by atoms with E-state index in [1.807, 2.05) is 19.1 Å². The zero-order valence-electron chi connectivity index (χ0n) is 20.1. The van der Waals surface area contributed by atoms with Crippen molar-refractivity contribution < 1.29 is 22.3 Å². The van der Waals surface area contributed by atoms with E-state index >= 15 is 0 Å². The van der Waals surface area contributed by atoms with Gasteiger partial charge in [-0.3, -0.25) is 0 Å². The van der Waals surface area contributed by atoms with Gasteiger partial charge in [0.05, 0.1) is 12.7 Å². The summed E-state index contributed by atoms with van der Waals surface area (Å²) in [6.07, 6.45) is 7.72. The van der Waals surface area contributed by atoms with Gasteiger partial charge in [-0.05, 0) is 54.9 Å². The lowest BCUT2D eigenvalue weighted by atomic mass is 9.89. The summed E-state index contributed by atoms with van der Waals surface area (Å²) in [5, 5.41) is 0. The maximum Gasteiger partial charge on any atom is 0.166 e. The molecular formula is C30H30F4O. The van der Waals surface area contributed by atoms with Gasteiger partial charge in [-0.2, -0.15) is 0 Å². The van der Waals surface area contributed by atoms with Gasteiger partial charge in [0.25, 0.3) is 0 Å². The van der Waals surface area contributed by atoms with Crippen LogP contribution >= 0.6 is 0 Å². The highest BCUT2D eigenvalue weighted by Gasteiger charge is 2.25. The lowest BCUT2D eigenvalue weighted by Crippen LogP contribution is -2.23. The van der Waals surface area contributed by atoms with Crippen molar-refractivity contribution in [2.45, 2.75) is 58.0 Å². The Balaban J connectivity index is 1.55. The molecular weight excluding hydrogens is 452 g/mol. The molecule has 0 radical (unpaired) electrons. The third kappa shape index (κ3) is 5.51. The number of benzene rings is 3. The lowest BCUT2D eigenvalue weighted by Gasteiger charge is -2.27. The molecule has 0 aromatic heterocycles. The van der Waals surface area contributed by atoms with Crippen LogP contribution in [0.2, 0.25) is 0 Å². The van der Waals surface area contributed by atoms with Gasteiger partial charge >= 0.3 is 0 Å². The predicted octanol–water partition coefficient (Wildman–Crippen LogP) is 8.76. The Hall–Kier alpha value is -2.92. The van der Waals surface area contributed by atoms with Gasteiger partial charge < -0.3 is 4.74 Å². The second-order valence-corrected chi connectivity index (χ2v) is 9.19. The number of halogens is 4. The fraction of sp³-hybridized carbons (Fsp3) is 0.333. The van der Waals surface area contributed by atoms with Crippen LogP contribution in [0.25, 0.3) is 22.3 Å². The second kappa shape index (κ2) is 11.2. The topological polar surface area (TPSA) is 9.23 Å². The Morgan fingerprint density at radius 1 is 0.771 bits per heavy atom. The van der Waals surface area contributed by atoms with E-state index in [4.69, 9.17) is 4.74 Å². The minimum absolute atomic E-state index is 0.128. The average molecular weight is 483 g/mol. The molecule has 1 aliphatic heterocycles. The molecule has 1 heterocycles. The largest absolute Gasteiger partial charge is 0.378 e. The summed E-state index contributed by atoms with van der Waals surface area (Å²) < 4.78 is 64.9. The van der Waals surface area contributed by atoms with E-state index < -0.39 is 23.3 Å². The van der Waals surface area contributed by atoms with E-state index in [1.54, 1.807) is 48.5 Å². The molecule has 0 aliphatic carbocycles. The molecule has 1 nitrogen and oxygen atoms in total. The van der Waals surface area contributed by atoms with Crippen molar-refractivity contribution in [3.05, 3.63) is 95.1 Å². The molecule has 0 saturated carbocycles. The highest BCUT2D eigenvalue weighted by Crippen LogP contribution is 2.35. The van der Waals surface area contributed by atoms with E-state index in [9.17, 15) is 17.6 Å².